The molecule has 0 aliphatic heterocycles. The summed E-state index contributed by atoms with van der Waals surface area (Å²) in [6.45, 7) is 2.32. The zero-order valence-electron chi connectivity index (χ0n) is 16.2. The van der Waals surface area contributed by atoms with Crippen molar-refractivity contribution in [3.8, 4) is 0 Å². The maximum Gasteiger partial charge on any atom is 0.262 e. The molecule has 0 radical (unpaired) electrons. The van der Waals surface area contributed by atoms with Gasteiger partial charge in [0, 0.05) is 37.3 Å². The first-order valence-electron chi connectivity index (χ1n) is 9.71. The van der Waals surface area contributed by atoms with Gasteiger partial charge in [0.25, 0.3) is 5.56 Å². The number of aromatic nitrogens is 3. The predicted molar refractivity (Wildman–Crippen MR) is 111 cm³/mol. The molecule has 0 saturated carbocycles. The molecular weight excluding hydrogens is 372 g/mol. The molecule has 6 nitrogen and oxygen atoms in total. The van der Waals surface area contributed by atoms with Crippen molar-refractivity contribution in [2.24, 2.45) is 0 Å². The van der Waals surface area contributed by atoms with Crippen LogP contribution >= 0.6 is 11.3 Å². The molecule has 3 heterocycles. The smallest absolute Gasteiger partial charge is 0.262 e. The highest BCUT2D eigenvalue weighted by molar-refractivity contribution is 7.18. The van der Waals surface area contributed by atoms with E-state index < -0.39 is 0 Å². The first kappa shape index (κ1) is 18.8. The second-order valence-electron chi connectivity index (χ2n) is 7.35. The summed E-state index contributed by atoms with van der Waals surface area (Å²) >= 11 is 1.65. The van der Waals surface area contributed by atoms with Crippen LogP contribution in [-0.2, 0) is 24.2 Å². The van der Waals surface area contributed by atoms with E-state index in [1.807, 2.05) is 19.1 Å². The summed E-state index contributed by atoms with van der Waals surface area (Å²) in [4.78, 5) is 38.1. The first-order chi connectivity index (χ1) is 13.6. The lowest BCUT2D eigenvalue weighted by atomic mass is 9.97. The van der Waals surface area contributed by atoms with Gasteiger partial charge in [-0.05, 0) is 49.8 Å². The molecule has 1 aliphatic carbocycles. The summed E-state index contributed by atoms with van der Waals surface area (Å²) in [6.07, 6.45) is 9.66. The van der Waals surface area contributed by atoms with E-state index in [2.05, 4.69) is 9.97 Å². The van der Waals surface area contributed by atoms with Crippen LogP contribution in [-0.4, -0.2) is 32.4 Å². The van der Waals surface area contributed by atoms with Crippen molar-refractivity contribution in [3.05, 3.63) is 57.2 Å². The Labute approximate surface area is 167 Å². The zero-order valence-corrected chi connectivity index (χ0v) is 17.0. The molecule has 0 bridgehead atoms. The minimum Gasteiger partial charge on any atom is -0.339 e. The van der Waals surface area contributed by atoms with Crippen molar-refractivity contribution in [3.63, 3.8) is 0 Å². The third-order valence-electron chi connectivity index (χ3n) is 5.65. The van der Waals surface area contributed by atoms with Crippen LogP contribution in [0.3, 0.4) is 0 Å². The third kappa shape index (κ3) is 3.46. The van der Waals surface area contributed by atoms with Gasteiger partial charge in [0.15, 0.2) is 0 Å². The van der Waals surface area contributed by atoms with E-state index >= 15 is 0 Å². The fourth-order valence-electron chi connectivity index (χ4n) is 3.80. The molecular formula is C21H24N4O2S. The average molecular weight is 397 g/mol. The van der Waals surface area contributed by atoms with Gasteiger partial charge < -0.3 is 4.90 Å². The third-order valence-corrected chi connectivity index (χ3v) is 6.85. The highest BCUT2D eigenvalue weighted by Gasteiger charge is 2.21. The highest BCUT2D eigenvalue weighted by atomic mass is 32.1. The normalized spacial score (nSPS) is 14.6. The summed E-state index contributed by atoms with van der Waals surface area (Å²) in [5.41, 5.74) is 2.16. The van der Waals surface area contributed by atoms with Crippen LogP contribution < -0.4 is 5.56 Å². The Morgan fingerprint density at radius 3 is 2.96 bits per heavy atom. The second-order valence-corrected chi connectivity index (χ2v) is 8.43. The van der Waals surface area contributed by atoms with E-state index in [0.717, 1.165) is 35.0 Å². The summed E-state index contributed by atoms with van der Waals surface area (Å²) in [7, 11) is 1.79. The number of carbonyl (C=O) groups is 1. The summed E-state index contributed by atoms with van der Waals surface area (Å²) in [6, 6.07) is 3.76. The Balaban J connectivity index is 1.50. The number of amides is 1. The van der Waals surface area contributed by atoms with Crippen LogP contribution in [0.25, 0.3) is 10.2 Å². The lowest BCUT2D eigenvalue weighted by Gasteiger charge is -2.25. The van der Waals surface area contributed by atoms with Gasteiger partial charge in [-0.1, -0.05) is 6.07 Å². The summed E-state index contributed by atoms with van der Waals surface area (Å²) in [5, 5.41) is 0.770. The minimum atomic E-state index is -0.0672. The van der Waals surface area contributed by atoms with E-state index in [1.54, 1.807) is 46.6 Å². The van der Waals surface area contributed by atoms with Crippen molar-refractivity contribution >= 4 is 27.5 Å². The molecule has 3 aromatic rings. The molecule has 7 heteroatoms. The minimum absolute atomic E-state index is 0.00398. The van der Waals surface area contributed by atoms with Gasteiger partial charge in [0.1, 0.15) is 4.83 Å². The number of hydrogen-bond acceptors (Lipinski definition) is 5. The lowest BCUT2D eigenvalue weighted by Crippen LogP contribution is -2.31. The number of thiophene rings is 1. The monoisotopic (exact) mass is 396 g/mol. The highest BCUT2D eigenvalue weighted by Crippen LogP contribution is 2.33. The number of aryl methyl sites for hydroxylation is 3. The quantitative estimate of drug-likeness (QED) is 0.663. The van der Waals surface area contributed by atoms with Crippen LogP contribution in [0.5, 0.6) is 0 Å². The number of hydrogen-bond donors (Lipinski definition) is 0. The van der Waals surface area contributed by atoms with E-state index in [-0.39, 0.29) is 23.9 Å². The molecule has 1 amide bonds. The maximum atomic E-state index is 13.0. The summed E-state index contributed by atoms with van der Waals surface area (Å²) in [5.74, 6) is -0.00398. The topological polar surface area (TPSA) is 68.1 Å². The average Bonchev–Trinajstić information content (AvgIpc) is 3.12. The fourth-order valence-corrected chi connectivity index (χ4v) is 5.02. The Kier molecular flexibility index (Phi) is 5.26. The van der Waals surface area contributed by atoms with Crippen LogP contribution in [0.4, 0.5) is 0 Å². The van der Waals surface area contributed by atoms with Gasteiger partial charge >= 0.3 is 0 Å². The van der Waals surface area contributed by atoms with E-state index in [1.165, 1.54) is 16.9 Å². The number of carbonyl (C=O) groups excluding carboxylic acids is 1. The lowest BCUT2D eigenvalue weighted by molar-refractivity contribution is -0.132. The first-order valence-corrected chi connectivity index (χ1v) is 10.5. The number of fused-ring (bicyclic) bond motifs is 3. The van der Waals surface area contributed by atoms with Crippen molar-refractivity contribution in [1.29, 1.82) is 0 Å². The standard InChI is InChI=1S/C21H24N4O2S/c1-14(15-6-5-10-22-12-15)24(2)18(26)9-11-25-13-23-20-19(21(25)27)16-7-3-4-8-17(16)28-20/h5-6,10,12-14H,3-4,7-9,11H2,1-2H3. The summed E-state index contributed by atoms with van der Waals surface area (Å²) < 4.78 is 1.59. The van der Waals surface area contributed by atoms with Gasteiger partial charge in [0.05, 0.1) is 17.8 Å². The molecule has 1 aliphatic rings. The van der Waals surface area contributed by atoms with E-state index in [4.69, 9.17) is 0 Å². The van der Waals surface area contributed by atoms with Crippen molar-refractivity contribution in [2.45, 2.75) is 51.6 Å². The molecule has 0 saturated heterocycles. The maximum absolute atomic E-state index is 13.0. The Morgan fingerprint density at radius 1 is 1.36 bits per heavy atom. The van der Waals surface area contributed by atoms with Gasteiger partial charge in [-0.3, -0.25) is 19.1 Å². The van der Waals surface area contributed by atoms with Crippen LogP contribution in [0.1, 0.15) is 48.2 Å². The van der Waals surface area contributed by atoms with Crippen LogP contribution in [0.2, 0.25) is 0 Å². The predicted octanol–water partition coefficient (Wildman–Crippen LogP) is 3.34. The Morgan fingerprint density at radius 2 is 2.18 bits per heavy atom. The molecule has 0 N–H and O–H groups in total. The van der Waals surface area contributed by atoms with Gasteiger partial charge in [-0.15, -0.1) is 11.3 Å². The van der Waals surface area contributed by atoms with E-state index in [9.17, 15) is 9.59 Å². The number of nitrogens with zero attached hydrogens (tertiary/aromatic N) is 4. The van der Waals surface area contributed by atoms with Crippen LogP contribution in [0.15, 0.2) is 35.6 Å². The molecule has 146 valence electrons. The fraction of sp³-hybridized carbons (Fsp3) is 0.429. The number of rotatable bonds is 5. The van der Waals surface area contributed by atoms with Crippen LogP contribution in [0, 0.1) is 0 Å². The second kappa shape index (κ2) is 7.83. The SMILES string of the molecule is CC(c1cccnc1)N(C)C(=O)CCn1cnc2sc3c(c2c1=O)CCCC3. The number of pyridine rings is 1. The van der Waals surface area contributed by atoms with Crippen molar-refractivity contribution in [2.75, 3.05) is 7.05 Å². The molecule has 0 fully saturated rings. The molecule has 0 aromatic carbocycles. The van der Waals surface area contributed by atoms with Gasteiger partial charge in [-0.2, -0.15) is 0 Å². The molecule has 3 aromatic heterocycles. The Hall–Kier alpha value is -2.54. The Bertz CT molecular complexity index is 1060. The zero-order chi connectivity index (χ0) is 19.7. The molecule has 4 rings (SSSR count). The van der Waals surface area contributed by atoms with E-state index in [0.29, 0.717) is 6.54 Å². The molecule has 1 atom stereocenters. The molecule has 28 heavy (non-hydrogen) atoms. The molecule has 0 spiro atoms. The molecule has 1 unspecified atom stereocenters. The van der Waals surface area contributed by atoms with Crippen molar-refractivity contribution < 1.29 is 4.79 Å². The van der Waals surface area contributed by atoms with Crippen molar-refractivity contribution in [1.82, 2.24) is 19.4 Å². The van der Waals surface area contributed by atoms with Gasteiger partial charge in [-0.25, -0.2) is 4.98 Å². The largest absolute Gasteiger partial charge is 0.339 e. The van der Waals surface area contributed by atoms with Gasteiger partial charge in [0.2, 0.25) is 5.91 Å².